The van der Waals surface area contributed by atoms with E-state index in [4.69, 9.17) is 4.74 Å². The lowest BCUT2D eigenvalue weighted by Gasteiger charge is -2.34. The molecule has 0 radical (unpaired) electrons. The zero-order chi connectivity index (χ0) is 16.1. The smallest absolute Gasteiger partial charge is 0.344 e. The fraction of sp³-hybridized carbons (Fsp3) is 0.562. The summed E-state index contributed by atoms with van der Waals surface area (Å²) >= 11 is 0. The first kappa shape index (κ1) is 16.3. The Morgan fingerprint density at radius 3 is 2.86 bits per heavy atom. The summed E-state index contributed by atoms with van der Waals surface area (Å²) in [5.74, 6) is -0.136. The van der Waals surface area contributed by atoms with Crippen molar-refractivity contribution in [1.82, 2.24) is 10.3 Å². The van der Waals surface area contributed by atoms with E-state index in [9.17, 15) is 14.4 Å². The molecule has 3 atom stereocenters. The predicted octanol–water partition coefficient (Wildman–Crippen LogP) is 1.47. The largest absolute Gasteiger partial charge is 0.452 e. The first-order valence-corrected chi connectivity index (χ1v) is 7.63. The van der Waals surface area contributed by atoms with Gasteiger partial charge in [-0.15, -0.1) is 0 Å². The van der Waals surface area contributed by atoms with Gasteiger partial charge >= 0.3 is 5.97 Å². The molecule has 1 fully saturated rings. The molecule has 2 rings (SSSR count). The van der Waals surface area contributed by atoms with Crippen molar-refractivity contribution in [2.45, 2.75) is 39.2 Å². The minimum atomic E-state index is -0.790. The summed E-state index contributed by atoms with van der Waals surface area (Å²) in [5.41, 5.74) is -0.627. The molecule has 6 nitrogen and oxygen atoms in total. The molecule has 1 aliphatic carbocycles. The van der Waals surface area contributed by atoms with Gasteiger partial charge in [-0.2, -0.15) is 0 Å². The summed E-state index contributed by atoms with van der Waals surface area (Å²) in [6, 6.07) is 3.02. The van der Waals surface area contributed by atoms with Crippen LogP contribution >= 0.6 is 0 Å². The summed E-state index contributed by atoms with van der Waals surface area (Å²) in [6.07, 6.45) is 4.65. The van der Waals surface area contributed by atoms with E-state index in [1.165, 1.54) is 24.8 Å². The van der Waals surface area contributed by atoms with E-state index in [1.807, 2.05) is 0 Å². The van der Waals surface area contributed by atoms with E-state index in [1.54, 1.807) is 0 Å². The van der Waals surface area contributed by atoms with Crippen molar-refractivity contribution in [2.24, 2.45) is 11.8 Å². The summed E-state index contributed by atoms with van der Waals surface area (Å²) in [7, 11) is 0. The van der Waals surface area contributed by atoms with Crippen molar-refractivity contribution in [3.8, 4) is 0 Å². The van der Waals surface area contributed by atoms with Crippen LogP contribution in [0.2, 0.25) is 0 Å². The molecule has 1 heterocycles. The maximum Gasteiger partial charge on any atom is 0.344 e. The van der Waals surface area contributed by atoms with Gasteiger partial charge in [-0.25, -0.2) is 4.79 Å². The molecule has 0 saturated heterocycles. The molecule has 0 bridgehead atoms. The van der Waals surface area contributed by atoms with Gasteiger partial charge in [-0.3, -0.25) is 9.59 Å². The van der Waals surface area contributed by atoms with Crippen LogP contribution in [0.1, 0.15) is 43.5 Å². The highest BCUT2D eigenvalue weighted by Crippen LogP contribution is 2.29. The first-order valence-electron chi connectivity index (χ1n) is 7.63. The Morgan fingerprint density at radius 1 is 1.36 bits per heavy atom. The number of nitrogens with one attached hydrogen (secondary N) is 2. The van der Waals surface area contributed by atoms with Crippen LogP contribution in [0, 0.1) is 11.8 Å². The van der Waals surface area contributed by atoms with Crippen LogP contribution in [-0.4, -0.2) is 29.5 Å². The summed E-state index contributed by atoms with van der Waals surface area (Å²) in [6.45, 7) is 3.94. The van der Waals surface area contributed by atoms with Crippen LogP contribution in [0.4, 0.5) is 0 Å². The zero-order valence-electron chi connectivity index (χ0n) is 12.9. The first-order chi connectivity index (χ1) is 10.5. The Hall–Kier alpha value is -2.11. The van der Waals surface area contributed by atoms with Crippen LogP contribution in [-0.2, 0) is 9.53 Å². The van der Waals surface area contributed by atoms with Gasteiger partial charge in [0.25, 0.3) is 11.5 Å². The van der Waals surface area contributed by atoms with Crippen LogP contribution in [0.25, 0.3) is 0 Å². The Kier molecular flexibility index (Phi) is 5.35. The quantitative estimate of drug-likeness (QED) is 0.825. The Bertz CT molecular complexity index is 596. The molecule has 22 heavy (non-hydrogen) atoms. The van der Waals surface area contributed by atoms with Crippen LogP contribution in [0.15, 0.2) is 23.1 Å². The maximum absolute atomic E-state index is 11.9. The number of hydrogen-bond acceptors (Lipinski definition) is 4. The molecular weight excluding hydrogens is 284 g/mol. The number of H-pyrrole nitrogens is 1. The zero-order valence-corrected chi connectivity index (χ0v) is 12.9. The van der Waals surface area contributed by atoms with Crippen molar-refractivity contribution in [1.29, 1.82) is 0 Å². The van der Waals surface area contributed by atoms with Crippen molar-refractivity contribution >= 4 is 11.9 Å². The molecule has 1 amide bonds. The van der Waals surface area contributed by atoms with Crippen molar-refractivity contribution in [2.75, 3.05) is 6.61 Å². The molecule has 2 N–H and O–H groups in total. The van der Waals surface area contributed by atoms with Crippen LogP contribution < -0.4 is 10.9 Å². The molecule has 1 aromatic heterocycles. The number of carbonyl (C=O) groups is 2. The van der Waals surface area contributed by atoms with Gasteiger partial charge in [0.05, 0.1) is 0 Å². The number of hydrogen-bond donors (Lipinski definition) is 2. The van der Waals surface area contributed by atoms with Gasteiger partial charge in [0.1, 0.15) is 5.56 Å². The lowest BCUT2D eigenvalue weighted by atomic mass is 9.78. The Labute approximate surface area is 129 Å². The average molecular weight is 306 g/mol. The van der Waals surface area contributed by atoms with E-state index in [-0.39, 0.29) is 24.1 Å². The Morgan fingerprint density at radius 2 is 2.14 bits per heavy atom. The number of ether oxygens (including phenoxy) is 1. The number of pyridine rings is 1. The van der Waals surface area contributed by atoms with Gasteiger partial charge in [-0.05, 0) is 30.4 Å². The molecular formula is C16H22N2O4. The van der Waals surface area contributed by atoms with E-state index >= 15 is 0 Å². The van der Waals surface area contributed by atoms with E-state index in [0.717, 1.165) is 12.8 Å². The van der Waals surface area contributed by atoms with Gasteiger partial charge < -0.3 is 15.0 Å². The summed E-state index contributed by atoms with van der Waals surface area (Å²) < 4.78 is 4.90. The van der Waals surface area contributed by atoms with Crippen molar-refractivity contribution in [3.63, 3.8) is 0 Å². The molecule has 0 aromatic carbocycles. The van der Waals surface area contributed by atoms with E-state index < -0.39 is 11.5 Å². The molecule has 0 aliphatic heterocycles. The van der Waals surface area contributed by atoms with Crippen molar-refractivity contribution < 1.29 is 14.3 Å². The SMILES string of the molecule is CC1CCCC(NC(=O)COC(=O)c2ccc[nH]c2=O)C1C. The standard InChI is InChI=1S/C16H22N2O4/c1-10-5-3-7-13(11(10)2)18-14(19)9-22-16(21)12-6-4-8-17-15(12)20/h4,6,8,10-11,13H,3,5,7,9H2,1-2H3,(H,17,20)(H,18,19). The lowest BCUT2D eigenvalue weighted by Crippen LogP contribution is -2.45. The highest BCUT2D eigenvalue weighted by Gasteiger charge is 2.28. The van der Waals surface area contributed by atoms with Gasteiger partial charge in [-0.1, -0.05) is 26.7 Å². The number of esters is 1. The van der Waals surface area contributed by atoms with Gasteiger partial charge in [0.2, 0.25) is 0 Å². The minimum Gasteiger partial charge on any atom is -0.452 e. The number of amides is 1. The molecule has 1 aromatic rings. The molecule has 120 valence electrons. The molecule has 3 unspecified atom stereocenters. The average Bonchev–Trinajstić information content (AvgIpc) is 2.50. The lowest BCUT2D eigenvalue weighted by molar-refractivity contribution is -0.125. The van der Waals surface area contributed by atoms with Crippen LogP contribution in [0.3, 0.4) is 0 Å². The monoisotopic (exact) mass is 306 g/mol. The second kappa shape index (κ2) is 7.24. The number of aromatic nitrogens is 1. The predicted molar refractivity (Wildman–Crippen MR) is 81.5 cm³/mol. The number of carbonyl (C=O) groups excluding carboxylic acids is 2. The second-order valence-corrected chi connectivity index (χ2v) is 5.93. The topological polar surface area (TPSA) is 88.3 Å². The molecule has 1 aliphatic rings. The minimum absolute atomic E-state index is 0.102. The normalized spacial score (nSPS) is 24.5. The van der Waals surface area contributed by atoms with E-state index in [2.05, 4.69) is 24.1 Å². The summed E-state index contributed by atoms with van der Waals surface area (Å²) in [5, 5.41) is 2.92. The number of rotatable bonds is 4. The van der Waals surface area contributed by atoms with Crippen molar-refractivity contribution in [3.05, 3.63) is 34.2 Å². The Balaban J connectivity index is 1.84. The third kappa shape index (κ3) is 3.96. The maximum atomic E-state index is 11.9. The molecule has 0 spiro atoms. The van der Waals surface area contributed by atoms with E-state index in [0.29, 0.717) is 11.8 Å². The fourth-order valence-electron chi connectivity index (χ4n) is 2.83. The highest BCUT2D eigenvalue weighted by molar-refractivity contribution is 5.90. The fourth-order valence-corrected chi connectivity index (χ4v) is 2.83. The number of aromatic amines is 1. The second-order valence-electron chi connectivity index (χ2n) is 5.93. The molecule has 1 saturated carbocycles. The van der Waals surface area contributed by atoms with Gasteiger partial charge in [0.15, 0.2) is 6.61 Å². The third-order valence-corrected chi connectivity index (χ3v) is 4.43. The van der Waals surface area contributed by atoms with Crippen LogP contribution in [0.5, 0.6) is 0 Å². The molecule has 6 heteroatoms. The summed E-state index contributed by atoms with van der Waals surface area (Å²) in [4.78, 5) is 37.5. The highest BCUT2D eigenvalue weighted by atomic mass is 16.5. The third-order valence-electron chi connectivity index (χ3n) is 4.43. The van der Waals surface area contributed by atoms with Gasteiger partial charge in [0, 0.05) is 12.2 Å².